The van der Waals surface area contributed by atoms with Crippen LogP contribution < -0.4 is 14.8 Å². The van der Waals surface area contributed by atoms with Crippen molar-refractivity contribution in [3.8, 4) is 11.5 Å². The molecule has 13 atom stereocenters. The summed E-state index contributed by atoms with van der Waals surface area (Å²) in [6.07, 6.45) is -17.1. The van der Waals surface area contributed by atoms with Crippen LogP contribution in [0.3, 0.4) is 0 Å². The van der Waals surface area contributed by atoms with E-state index in [0.717, 1.165) is 48.5 Å². The summed E-state index contributed by atoms with van der Waals surface area (Å²) in [5, 5.41) is 2.73. The van der Waals surface area contributed by atoms with Crippen LogP contribution in [0.15, 0.2) is 36.1 Å². The van der Waals surface area contributed by atoms with Crippen molar-refractivity contribution in [2.75, 3.05) is 20.3 Å². The van der Waals surface area contributed by atoms with Gasteiger partial charge in [-0.05, 0) is 31.2 Å². The number of rotatable bonds is 17. The van der Waals surface area contributed by atoms with Crippen molar-refractivity contribution >= 4 is 47.7 Å². The Balaban J connectivity index is 1.94. The van der Waals surface area contributed by atoms with Gasteiger partial charge < -0.3 is 71.6 Å². The summed E-state index contributed by atoms with van der Waals surface area (Å²) in [4.78, 5) is 99.4. The molecule has 0 saturated carbocycles. The molecular weight excluding hydrogens is 858 g/mol. The van der Waals surface area contributed by atoms with Gasteiger partial charge >= 0.3 is 41.8 Å². The molecule has 1 amide bonds. The van der Waals surface area contributed by atoms with Gasteiger partial charge in [-0.3, -0.25) is 38.4 Å². The molecule has 0 spiro atoms. The van der Waals surface area contributed by atoms with E-state index in [1.165, 1.54) is 39.2 Å². The van der Waals surface area contributed by atoms with Gasteiger partial charge in [-0.1, -0.05) is 0 Å². The summed E-state index contributed by atoms with van der Waals surface area (Å²) in [6.45, 7) is 9.16. The second kappa shape index (κ2) is 23.2. The largest absolute Gasteiger partial charge is 0.497 e. The number of esters is 7. The van der Waals surface area contributed by atoms with Crippen molar-refractivity contribution in [3.05, 3.63) is 36.1 Å². The monoisotopic (exact) mass is 911 g/mol. The highest BCUT2D eigenvalue weighted by atomic mass is 16.8. The molecule has 0 radical (unpaired) electrons. The second-order valence-corrected chi connectivity index (χ2v) is 14.5. The topological polar surface area (TPSA) is 278 Å². The van der Waals surface area contributed by atoms with Crippen LogP contribution in [0, 0.1) is 0 Å². The van der Waals surface area contributed by atoms with Crippen LogP contribution in [0.5, 0.6) is 11.5 Å². The molecule has 354 valence electrons. The quantitative estimate of drug-likeness (QED) is 0.167. The van der Waals surface area contributed by atoms with Crippen molar-refractivity contribution in [1.82, 2.24) is 5.32 Å². The summed E-state index contributed by atoms with van der Waals surface area (Å²) in [5.74, 6) is -5.90. The van der Waals surface area contributed by atoms with Gasteiger partial charge in [0.05, 0.1) is 13.2 Å². The second-order valence-electron chi connectivity index (χ2n) is 14.5. The highest BCUT2D eigenvalue weighted by Gasteiger charge is 2.57. The number of carbonyl (C=O) groups is 8. The smallest absolute Gasteiger partial charge is 0.307 e. The fourth-order valence-corrected chi connectivity index (χ4v) is 6.85. The lowest BCUT2D eigenvalue weighted by Gasteiger charge is -2.50. The van der Waals surface area contributed by atoms with Crippen LogP contribution in [-0.2, 0) is 95.2 Å². The molecule has 0 bridgehead atoms. The number of hydrogen-bond donors (Lipinski definition) is 1. The Hall–Kier alpha value is -5.88. The summed E-state index contributed by atoms with van der Waals surface area (Å²) in [7, 11) is 1.46. The minimum atomic E-state index is -1.75. The lowest BCUT2D eigenvalue weighted by Crippen LogP contribution is -2.70. The Labute approximate surface area is 367 Å². The number of hydrogen-bond acceptors (Lipinski definition) is 22. The normalized spacial score (nSPS) is 29.9. The third-order valence-electron chi connectivity index (χ3n) is 9.21. The maximum absolute atomic E-state index is 13.1. The van der Waals surface area contributed by atoms with Crippen LogP contribution in [0.1, 0.15) is 62.3 Å². The SMILES string of the molecule is COc1ccc(OC2OC(COC(C)=O)C(OC3OC(COC(C)=O)C(OC(C)=O)=CC3OC(C)=O)C(OC3OC(C)C(OC(C)=O)C(OC(C)=O)C3OC(C)=O)C2NC(C)=O)cc1. The molecule has 1 N–H and O–H groups in total. The zero-order valence-electron chi connectivity index (χ0n) is 36.8. The summed E-state index contributed by atoms with van der Waals surface area (Å²) in [5.41, 5.74) is 0. The van der Waals surface area contributed by atoms with Gasteiger partial charge in [0.15, 0.2) is 43.1 Å². The number of amides is 1. The van der Waals surface area contributed by atoms with Crippen LogP contribution in [-0.4, -0.2) is 148 Å². The van der Waals surface area contributed by atoms with E-state index < -0.39 is 141 Å². The molecule has 23 nitrogen and oxygen atoms in total. The highest BCUT2D eigenvalue weighted by Crippen LogP contribution is 2.37. The van der Waals surface area contributed by atoms with Gasteiger partial charge in [0.2, 0.25) is 12.2 Å². The molecule has 1 aromatic carbocycles. The Morgan fingerprint density at radius 2 is 1.11 bits per heavy atom. The third kappa shape index (κ3) is 14.6. The number of ether oxygens (including phenoxy) is 14. The van der Waals surface area contributed by atoms with Gasteiger partial charge in [-0.15, -0.1) is 0 Å². The summed E-state index contributed by atoms with van der Waals surface area (Å²) >= 11 is 0. The highest BCUT2D eigenvalue weighted by molar-refractivity contribution is 5.73. The Kier molecular flexibility index (Phi) is 18.4. The van der Waals surface area contributed by atoms with Crippen LogP contribution >= 0.6 is 0 Å². The number of methoxy groups -OCH3 is 1. The van der Waals surface area contributed by atoms with Crippen LogP contribution in [0.2, 0.25) is 0 Å². The first-order valence-corrected chi connectivity index (χ1v) is 19.9. The average molecular weight is 912 g/mol. The van der Waals surface area contributed by atoms with E-state index in [0.29, 0.717) is 5.75 Å². The van der Waals surface area contributed by atoms with E-state index in [1.54, 1.807) is 12.1 Å². The molecule has 3 aliphatic rings. The standard InChI is InChI=1S/C41H53NO22/c1-18-34(57-24(7)48)37(58-25(8)49)38(59-26(9)50)41(54-18)64-36-33(42-19(2)43)40(60-28-13-11-27(51-10)12-14-28)62-32(17-53-21(4)45)35(36)63-39-30(56-23(6)47)15-29(55-22(5)46)31(61-39)16-52-20(3)44/h11-15,18,30-41H,16-17H2,1-10H3,(H,42,43). The molecule has 1 aromatic rings. The van der Waals surface area contributed by atoms with Crippen molar-refractivity contribution < 1.29 is 105 Å². The molecule has 4 rings (SSSR count). The van der Waals surface area contributed by atoms with Crippen molar-refractivity contribution in [2.45, 2.75) is 142 Å². The average Bonchev–Trinajstić information content (AvgIpc) is 3.18. The molecule has 13 unspecified atom stereocenters. The molecule has 3 heterocycles. The lowest BCUT2D eigenvalue weighted by molar-refractivity contribution is -0.356. The minimum absolute atomic E-state index is 0.187. The molecular formula is C41H53NO22. The first-order chi connectivity index (χ1) is 30.1. The van der Waals surface area contributed by atoms with Crippen molar-refractivity contribution in [2.24, 2.45) is 0 Å². The van der Waals surface area contributed by atoms with Gasteiger partial charge in [-0.2, -0.15) is 0 Å². The van der Waals surface area contributed by atoms with Gasteiger partial charge in [0, 0.05) is 61.5 Å². The minimum Gasteiger partial charge on any atom is -0.497 e. The van der Waals surface area contributed by atoms with Crippen molar-refractivity contribution in [3.63, 3.8) is 0 Å². The zero-order valence-corrected chi connectivity index (χ0v) is 36.8. The van der Waals surface area contributed by atoms with E-state index in [4.69, 9.17) is 66.3 Å². The molecule has 64 heavy (non-hydrogen) atoms. The number of nitrogens with one attached hydrogen (secondary N) is 1. The Bertz CT molecular complexity index is 1880. The molecule has 2 fully saturated rings. The van der Waals surface area contributed by atoms with E-state index in [9.17, 15) is 38.4 Å². The molecule has 3 aliphatic heterocycles. The Morgan fingerprint density at radius 1 is 0.562 bits per heavy atom. The predicted octanol–water partition coefficient (Wildman–Crippen LogP) is 0.844. The van der Waals surface area contributed by atoms with E-state index >= 15 is 0 Å². The number of benzene rings is 1. The maximum atomic E-state index is 13.1. The number of carbonyl (C=O) groups excluding carboxylic acids is 8. The van der Waals surface area contributed by atoms with E-state index in [2.05, 4.69) is 5.32 Å². The molecule has 23 heteroatoms. The summed E-state index contributed by atoms with van der Waals surface area (Å²) < 4.78 is 81.6. The predicted molar refractivity (Wildman–Crippen MR) is 208 cm³/mol. The maximum Gasteiger partial charge on any atom is 0.307 e. The zero-order chi connectivity index (χ0) is 47.4. The fourth-order valence-electron chi connectivity index (χ4n) is 6.85. The molecule has 0 aromatic heterocycles. The lowest BCUT2D eigenvalue weighted by atomic mass is 9.94. The van der Waals surface area contributed by atoms with E-state index in [-0.39, 0.29) is 11.5 Å². The molecule has 0 aliphatic carbocycles. The van der Waals surface area contributed by atoms with Gasteiger partial charge in [0.1, 0.15) is 54.8 Å². The van der Waals surface area contributed by atoms with E-state index in [1.807, 2.05) is 0 Å². The van der Waals surface area contributed by atoms with Crippen LogP contribution in [0.4, 0.5) is 0 Å². The van der Waals surface area contributed by atoms with Gasteiger partial charge in [0.25, 0.3) is 0 Å². The van der Waals surface area contributed by atoms with Crippen LogP contribution in [0.25, 0.3) is 0 Å². The molecule has 2 saturated heterocycles. The third-order valence-corrected chi connectivity index (χ3v) is 9.21. The Morgan fingerprint density at radius 3 is 1.66 bits per heavy atom. The first kappa shape index (κ1) is 50.8. The fraction of sp³-hybridized carbons (Fsp3) is 0.610. The first-order valence-electron chi connectivity index (χ1n) is 19.9. The summed E-state index contributed by atoms with van der Waals surface area (Å²) in [6, 6.07) is 4.77. The van der Waals surface area contributed by atoms with Crippen molar-refractivity contribution in [1.29, 1.82) is 0 Å². The van der Waals surface area contributed by atoms with Gasteiger partial charge in [-0.25, -0.2) is 0 Å².